The van der Waals surface area contributed by atoms with Gasteiger partial charge in [-0.1, -0.05) is 12.1 Å². The topological polar surface area (TPSA) is 126 Å². The van der Waals surface area contributed by atoms with Crippen LogP contribution in [0, 0.1) is 0 Å². The van der Waals surface area contributed by atoms with Crippen LogP contribution in [0.5, 0.6) is 0 Å². The second kappa shape index (κ2) is 8.87. The highest BCUT2D eigenvalue weighted by Crippen LogP contribution is 2.24. The Morgan fingerprint density at radius 2 is 1.94 bits per heavy atom. The van der Waals surface area contributed by atoms with Gasteiger partial charge in [0.25, 0.3) is 5.91 Å². The third kappa shape index (κ3) is 5.82. The van der Waals surface area contributed by atoms with E-state index in [0.29, 0.717) is 28.2 Å². The van der Waals surface area contributed by atoms with Crippen LogP contribution in [0.3, 0.4) is 0 Å². The van der Waals surface area contributed by atoms with Crippen molar-refractivity contribution in [1.29, 1.82) is 0 Å². The van der Waals surface area contributed by atoms with E-state index >= 15 is 0 Å². The SMILES string of the molecule is NC(=S)NNC(=O)c1ccn2c(-c3cccc(NC(=O)NCC(F)(F)F)c3)cnc2c1. The zero-order chi connectivity index (χ0) is 22.6. The van der Waals surface area contributed by atoms with Crippen LogP contribution in [0.25, 0.3) is 16.9 Å². The first-order chi connectivity index (χ1) is 14.6. The lowest BCUT2D eigenvalue weighted by atomic mass is 10.1. The van der Waals surface area contributed by atoms with Crippen molar-refractivity contribution in [3.63, 3.8) is 0 Å². The van der Waals surface area contributed by atoms with Crippen molar-refractivity contribution in [3.8, 4) is 11.3 Å². The molecule has 13 heteroatoms. The summed E-state index contributed by atoms with van der Waals surface area (Å²) in [6.45, 7) is -1.44. The summed E-state index contributed by atoms with van der Waals surface area (Å²) in [5.74, 6) is -0.462. The largest absolute Gasteiger partial charge is 0.405 e. The molecule has 0 aliphatic carbocycles. The minimum atomic E-state index is -4.50. The van der Waals surface area contributed by atoms with Gasteiger partial charge in [0, 0.05) is 23.0 Å². The number of pyridine rings is 1. The van der Waals surface area contributed by atoms with E-state index < -0.39 is 24.7 Å². The number of carbonyl (C=O) groups is 2. The molecular formula is C18H16F3N7O2S. The van der Waals surface area contributed by atoms with Crippen LogP contribution in [0.1, 0.15) is 10.4 Å². The Morgan fingerprint density at radius 1 is 1.16 bits per heavy atom. The number of anilines is 1. The summed E-state index contributed by atoms with van der Waals surface area (Å²) < 4.78 is 38.4. The minimum absolute atomic E-state index is 0.0851. The number of benzene rings is 1. The maximum atomic E-state index is 12.2. The van der Waals surface area contributed by atoms with E-state index in [1.165, 1.54) is 6.07 Å². The van der Waals surface area contributed by atoms with Crippen LogP contribution in [-0.2, 0) is 0 Å². The van der Waals surface area contributed by atoms with Gasteiger partial charge in [-0.2, -0.15) is 13.2 Å². The van der Waals surface area contributed by atoms with Crippen molar-refractivity contribution >= 4 is 40.6 Å². The Labute approximate surface area is 178 Å². The van der Waals surface area contributed by atoms with Gasteiger partial charge in [-0.05, 0) is 36.5 Å². The number of nitrogens with zero attached hydrogens (tertiary/aromatic N) is 2. The first-order valence-electron chi connectivity index (χ1n) is 8.67. The minimum Gasteiger partial charge on any atom is -0.375 e. The first kappa shape index (κ1) is 21.8. The monoisotopic (exact) mass is 451 g/mol. The van der Waals surface area contributed by atoms with Crippen LogP contribution in [0.2, 0.25) is 0 Å². The summed E-state index contributed by atoms with van der Waals surface area (Å²) in [6.07, 6.45) is -1.31. The van der Waals surface area contributed by atoms with E-state index in [-0.39, 0.29) is 5.11 Å². The number of alkyl halides is 3. The third-order valence-electron chi connectivity index (χ3n) is 3.94. The molecule has 0 saturated carbocycles. The first-order valence-corrected chi connectivity index (χ1v) is 9.08. The molecule has 1 aromatic carbocycles. The quantitative estimate of drug-likeness (QED) is 0.306. The van der Waals surface area contributed by atoms with E-state index in [4.69, 9.17) is 5.73 Å². The van der Waals surface area contributed by atoms with Crippen LogP contribution in [0.4, 0.5) is 23.7 Å². The molecule has 3 rings (SSSR count). The number of imidazole rings is 1. The van der Waals surface area contributed by atoms with Crippen molar-refractivity contribution in [2.45, 2.75) is 6.18 Å². The second-order valence-electron chi connectivity index (χ2n) is 6.23. The molecule has 6 N–H and O–H groups in total. The fraction of sp³-hybridized carbons (Fsp3) is 0.111. The van der Waals surface area contributed by atoms with E-state index in [1.807, 2.05) is 0 Å². The molecule has 0 radical (unpaired) electrons. The van der Waals surface area contributed by atoms with Crippen molar-refractivity contribution in [2.24, 2.45) is 5.73 Å². The standard InChI is InChI=1S/C18H16F3N7O2S/c19-18(20,21)9-24-17(30)25-12-3-1-2-10(6-12)13-8-23-14-7-11(4-5-28(13)14)15(29)26-27-16(22)31/h1-8H,9H2,(H,26,29)(H3,22,27,31)(H2,24,25,30). The number of amides is 3. The number of thiocarbonyl (C=S) groups is 1. The van der Waals surface area contributed by atoms with Gasteiger partial charge in [-0.15, -0.1) is 0 Å². The second-order valence-corrected chi connectivity index (χ2v) is 6.67. The number of aromatic nitrogens is 2. The lowest BCUT2D eigenvalue weighted by Gasteiger charge is -2.11. The van der Waals surface area contributed by atoms with Gasteiger partial charge in [0.1, 0.15) is 12.2 Å². The summed E-state index contributed by atoms with van der Waals surface area (Å²) in [5, 5.41) is 4.00. The van der Waals surface area contributed by atoms with Gasteiger partial charge in [0.2, 0.25) is 0 Å². The molecule has 0 bridgehead atoms. The highest BCUT2D eigenvalue weighted by molar-refractivity contribution is 7.80. The van der Waals surface area contributed by atoms with Crippen LogP contribution < -0.4 is 27.2 Å². The molecule has 162 valence electrons. The van der Waals surface area contributed by atoms with Gasteiger partial charge in [0.05, 0.1) is 11.9 Å². The van der Waals surface area contributed by atoms with Gasteiger partial charge in [-0.3, -0.25) is 20.0 Å². The Bertz CT molecular complexity index is 1150. The number of fused-ring (bicyclic) bond motifs is 1. The van der Waals surface area contributed by atoms with Gasteiger partial charge in [-0.25, -0.2) is 9.78 Å². The molecule has 0 spiro atoms. The average Bonchev–Trinajstić information content (AvgIpc) is 3.13. The number of carbonyl (C=O) groups excluding carboxylic acids is 2. The van der Waals surface area contributed by atoms with Crippen LogP contribution in [-0.4, -0.2) is 39.2 Å². The molecule has 0 atom stereocenters. The number of halogens is 3. The van der Waals surface area contributed by atoms with E-state index in [1.54, 1.807) is 52.4 Å². The highest BCUT2D eigenvalue weighted by atomic mass is 32.1. The average molecular weight is 451 g/mol. The van der Waals surface area contributed by atoms with E-state index in [2.05, 4.69) is 33.4 Å². The number of nitrogens with two attached hydrogens (primary N) is 1. The molecule has 0 saturated heterocycles. The Hall–Kier alpha value is -3.87. The number of hydrogen-bond acceptors (Lipinski definition) is 4. The summed E-state index contributed by atoms with van der Waals surface area (Å²) in [6, 6.07) is 8.63. The fourth-order valence-electron chi connectivity index (χ4n) is 2.64. The highest BCUT2D eigenvalue weighted by Gasteiger charge is 2.27. The number of urea groups is 1. The molecule has 0 aliphatic heterocycles. The molecule has 0 fully saturated rings. The number of nitrogens with one attached hydrogen (secondary N) is 4. The predicted molar refractivity (Wildman–Crippen MR) is 111 cm³/mol. The molecule has 9 nitrogen and oxygen atoms in total. The van der Waals surface area contributed by atoms with Gasteiger partial charge in [0.15, 0.2) is 5.11 Å². The van der Waals surface area contributed by atoms with Crippen LogP contribution in [0.15, 0.2) is 48.8 Å². The maximum absolute atomic E-state index is 12.2. The lowest BCUT2D eigenvalue weighted by Crippen LogP contribution is -2.44. The van der Waals surface area contributed by atoms with Crippen molar-refractivity contribution < 1.29 is 22.8 Å². The zero-order valence-electron chi connectivity index (χ0n) is 15.7. The molecule has 3 amide bonds. The maximum Gasteiger partial charge on any atom is 0.405 e. The normalized spacial score (nSPS) is 11.1. The van der Waals surface area contributed by atoms with Crippen LogP contribution >= 0.6 is 12.2 Å². The smallest absolute Gasteiger partial charge is 0.375 e. The molecule has 0 unspecified atom stereocenters. The predicted octanol–water partition coefficient (Wildman–Crippen LogP) is 2.16. The molecule has 3 aromatic rings. The Kier molecular flexibility index (Phi) is 6.25. The fourth-order valence-corrected chi connectivity index (χ4v) is 2.69. The molecule has 2 heterocycles. The molecular weight excluding hydrogens is 435 g/mol. The zero-order valence-corrected chi connectivity index (χ0v) is 16.5. The number of hydrogen-bond donors (Lipinski definition) is 5. The molecule has 0 aliphatic rings. The number of rotatable bonds is 4. The van der Waals surface area contributed by atoms with E-state index in [0.717, 1.165) is 0 Å². The van der Waals surface area contributed by atoms with Gasteiger partial charge >= 0.3 is 12.2 Å². The summed E-state index contributed by atoms with van der Waals surface area (Å²) in [4.78, 5) is 28.0. The summed E-state index contributed by atoms with van der Waals surface area (Å²) >= 11 is 4.62. The molecule has 31 heavy (non-hydrogen) atoms. The van der Waals surface area contributed by atoms with Gasteiger partial charge < -0.3 is 16.4 Å². The van der Waals surface area contributed by atoms with Crippen molar-refractivity contribution in [2.75, 3.05) is 11.9 Å². The van der Waals surface area contributed by atoms with Crippen molar-refractivity contribution in [1.82, 2.24) is 25.6 Å². The van der Waals surface area contributed by atoms with Crippen molar-refractivity contribution in [3.05, 3.63) is 54.4 Å². The third-order valence-corrected chi connectivity index (χ3v) is 4.04. The molecule has 2 aromatic heterocycles. The van der Waals surface area contributed by atoms with E-state index in [9.17, 15) is 22.8 Å². The summed E-state index contributed by atoms with van der Waals surface area (Å²) in [5.41, 5.74) is 12.3. The lowest BCUT2D eigenvalue weighted by molar-refractivity contribution is -0.122. The Morgan fingerprint density at radius 3 is 2.65 bits per heavy atom. The Balaban J connectivity index is 1.78. The number of hydrazine groups is 1. The summed E-state index contributed by atoms with van der Waals surface area (Å²) in [7, 11) is 0.